The minimum absolute atomic E-state index is 0.0634. The van der Waals surface area contributed by atoms with Crippen molar-refractivity contribution in [2.75, 3.05) is 6.61 Å². The van der Waals surface area contributed by atoms with Gasteiger partial charge in [0.25, 0.3) is 5.79 Å². The van der Waals surface area contributed by atoms with E-state index in [-0.39, 0.29) is 19.4 Å². The average molecular weight is 236 g/mol. The Morgan fingerprint density at radius 2 is 1.94 bits per heavy atom. The quantitative estimate of drug-likeness (QED) is 0.325. The zero-order valence-electron chi connectivity index (χ0n) is 8.92. The number of carbonyl (C=O) groups is 2. The second-order valence-corrected chi connectivity index (χ2v) is 3.51. The molecule has 0 aliphatic rings. The highest BCUT2D eigenvalue weighted by Gasteiger charge is 2.34. The smallest absolute Gasteiger partial charge is 0.366 e. The standard InChI is InChI=1S/C9H16O7/c1-6(10)5-16-8(13)9(14,15)4-2-3-7(11)12/h6,10,14-15H,2-5H2,1H3,(H,11,12). The monoisotopic (exact) mass is 236 g/mol. The molecule has 0 saturated carbocycles. The van der Waals surface area contributed by atoms with Gasteiger partial charge in [-0.25, -0.2) is 4.79 Å². The van der Waals surface area contributed by atoms with Gasteiger partial charge in [0, 0.05) is 12.8 Å². The largest absolute Gasteiger partial charge is 0.481 e. The fourth-order valence-corrected chi connectivity index (χ4v) is 0.900. The molecule has 0 saturated heterocycles. The SMILES string of the molecule is CC(O)COC(=O)C(O)(O)CCCC(=O)O. The minimum atomic E-state index is -2.70. The number of hydrogen-bond acceptors (Lipinski definition) is 6. The molecular weight excluding hydrogens is 220 g/mol. The lowest BCUT2D eigenvalue weighted by Gasteiger charge is -2.19. The summed E-state index contributed by atoms with van der Waals surface area (Å²) in [5.74, 6) is -5.09. The van der Waals surface area contributed by atoms with Gasteiger partial charge in [-0.05, 0) is 13.3 Å². The molecule has 0 aromatic rings. The third-order valence-corrected chi connectivity index (χ3v) is 1.70. The third kappa shape index (κ3) is 6.33. The Balaban J connectivity index is 4.00. The van der Waals surface area contributed by atoms with Crippen molar-refractivity contribution in [2.45, 2.75) is 38.1 Å². The number of aliphatic hydroxyl groups is 3. The molecule has 94 valence electrons. The van der Waals surface area contributed by atoms with Crippen LogP contribution in [0, 0.1) is 0 Å². The lowest BCUT2D eigenvalue weighted by Crippen LogP contribution is -2.40. The molecule has 0 rings (SSSR count). The molecule has 0 spiro atoms. The van der Waals surface area contributed by atoms with Gasteiger partial charge in [-0.1, -0.05) is 0 Å². The van der Waals surface area contributed by atoms with Crippen molar-refractivity contribution in [2.24, 2.45) is 0 Å². The van der Waals surface area contributed by atoms with Crippen molar-refractivity contribution in [1.82, 2.24) is 0 Å². The molecule has 7 heteroatoms. The summed E-state index contributed by atoms with van der Waals surface area (Å²) in [6, 6.07) is 0. The molecule has 0 aromatic carbocycles. The van der Waals surface area contributed by atoms with Crippen molar-refractivity contribution in [3.8, 4) is 0 Å². The van der Waals surface area contributed by atoms with E-state index in [4.69, 9.17) is 10.2 Å². The molecule has 0 bridgehead atoms. The van der Waals surface area contributed by atoms with Crippen LogP contribution in [0.1, 0.15) is 26.2 Å². The molecule has 16 heavy (non-hydrogen) atoms. The van der Waals surface area contributed by atoms with Gasteiger partial charge in [0.05, 0.1) is 6.10 Å². The van der Waals surface area contributed by atoms with Crippen LogP contribution in [0.3, 0.4) is 0 Å². The topological polar surface area (TPSA) is 124 Å². The lowest BCUT2D eigenvalue weighted by atomic mass is 10.1. The number of aliphatic hydroxyl groups excluding tert-OH is 1. The lowest BCUT2D eigenvalue weighted by molar-refractivity contribution is -0.213. The van der Waals surface area contributed by atoms with E-state index in [0.717, 1.165) is 0 Å². The molecule has 0 radical (unpaired) electrons. The maximum Gasteiger partial charge on any atom is 0.366 e. The third-order valence-electron chi connectivity index (χ3n) is 1.70. The van der Waals surface area contributed by atoms with Gasteiger partial charge in [-0.3, -0.25) is 4.79 Å². The molecule has 0 aliphatic heterocycles. The highest BCUT2D eigenvalue weighted by atomic mass is 16.6. The van der Waals surface area contributed by atoms with Crippen molar-refractivity contribution in [3.63, 3.8) is 0 Å². The maximum absolute atomic E-state index is 11.1. The van der Waals surface area contributed by atoms with Crippen LogP contribution in [0.2, 0.25) is 0 Å². The van der Waals surface area contributed by atoms with Gasteiger partial charge in [0.1, 0.15) is 6.61 Å². The Labute approximate surface area is 92.3 Å². The van der Waals surface area contributed by atoms with E-state index in [0.29, 0.717) is 0 Å². The maximum atomic E-state index is 11.1. The number of carboxylic acids is 1. The van der Waals surface area contributed by atoms with Crippen LogP contribution < -0.4 is 0 Å². The van der Waals surface area contributed by atoms with Crippen LogP contribution in [0.4, 0.5) is 0 Å². The van der Waals surface area contributed by atoms with Gasteiger partial charge in [0.15, 0.2) is 0 Å². The molecule has 0 heterocycles. The minimum Gasteiger partial charge on any atom is -0.481 e. The summed E-state index contributed by atoms with van der Waals surface area (Å²) in [6.45, 7) is 1.02. The van der Waals surface area contributed by atoms with Crippen LogP contribution >= 0.6 is 0 Å². The van der Waals surface area contributed by atoms with E-state index in [1.54, 1.807) is 0 Å². The summed E-state index contributed by atoms with van der Waals surface area (Å²) in [6.07, 6.45) is -1.67. The van der Waals surface area contributed by atoms with Gasteiger partial charge >= 0.3 is 11.9 Å². The van der Waals surface area contributed by atoms with Crippen LogP contribution in [0.25, 0.3) is 0 Å². The number of aliphatic carboxylic acids is 1. The second kappa shape index (κ2) is 6.41. The van der Waals surface area contributed by atoms with Crippen LogP contribution in [-0.4, -0.2) is 50.9 Å². The molecule has 0 fully saturated rings. The van der Waals surface area contributed by atoms with Crippen LogP contribution in [0.5, 0.6) is 0 Å². The Morgan fingerprint density at radius 3 is 2.38 bits per heavy atom. The summed E-state index contributed by atoms with van der Waals surface area (Å²) in [7, 11) is 0. The van der Waals surface area contributed by atoms with Gasteiger partial charge in [0.2, 0.25) is 0 Å². The fourth-order valence-electron chi connectivity index (χ4n) is 0.900. The van der Waals surface area contributed by atoms with Crippen LogP contribution in [-0.2, 0) is 14.3 Å². The number of rotatable bonds is 7. The number of carboxylic acid groups (broad SMARTS) is 1. The van der Waals surface area contributed by atoms with Crippen molar-refractivity contribution >= 4 is 11.9 Å². The summed E-state index contributed by atoms with van der Waals surface area (Å²) in [5.41, 5.74) is 0. The normalized spacial score (nSPS) is 13.2. The number of hydrogen-bond donors (Lipinski definition) is 4. The van der Waals surface area contributed by atoms with Crippen molar-refractivity contribution in [3.05, 3.63) is 0 Å². The van der Waals surface area contributed by atoms with E-state index >= 15 is 0 Å². The van der Waals surface area contributed by atoms with E-state index in [1.165, 1.54) is 6.92 Å². The van der Waals surface area contributed by atoms with Crippen molar-refractivity contribution in [1.29, 1.82) is 0 Å². The predicted molar refractivity (Wildman–Crippen MR) is 51.3 cm³/mol. The Morgan fingerprint density at radius 1 is 1.38 bits per heavy atom. The summed E-state index contributed by atoms with van der Waals surface area (Å²) < 4.78 is 4.39. The molecular formula is C9H16O7. The van der Waals surface area contributed by atoms with Crippen molar-refractivity contribution < 1.29 is 34.8 Å². The van der Waals surface area contributed by atoms with Gasteiger partial charge in [-0.2, -0.15) is 0 Å². The first-order valence-electron chi connectivity index (χ1n) is 4.77. The van der Waals surface area contributed by atoms with E-state index in [1.807, 2.05) is 0 Å². The van der Waals surface area contributed by atoms with E-state index < -0.39 is 30.3 Å². The molecule has 0 aromatic heterocycles. The number of esters is 1. The molecule has 1 atom stereocenters. The second-order valence-electron chi connectivity index (χ2n) is 3.51. The Hall–Kier alpha value is -1.18. The first kappa shape index (κ1) is 14.8. The Kier molecular flexibility index (Phi) is 5.94. The average Bonchev–Trinajstić information content (AvgIpc) is 2.12. The first-order valence-corrected chi connectivity index (χ1v) is 4.77. The highest BCUT2D eigenvalue weighted by molar-refractivity contribution is 5.77. The summed E-state index contributed by atoms with van der Waals surface area (Å²) in [5, 5.41) is 35.5. The molecule has 0 amide bonds. The van der Waals surface area contributed by atoms with E-state index in [9.17, 15) is 19.8 Å². The van der Waals surface area contributed by atoms with Gasteiger partial charge in [-0.15, -0.1) is 0 Å². The van der Waals surface area contributed by atoms with Crippen LogP contribution in [0.15, 0.2) is 0 Å². The molecule has 4 N–H and O–H groups in total. The number of ether oxygens (including phenoxy) is 1. The summed E-state index contributed by atoms with van der Waals surface area (Å²) in [4.78, 5) is 21.2. The zero-order chi connectivity index (χ0) is 12.8. The molecule has 0 aliphatic carbocycles. The van der Waals surface area contributed by atoms with Gasteiger partial charge < -0.3 is 25.2 Å². The predicted octanol–water partition coefficient (Wildman–Crippen LogP) is -1.15. The molecule has 1 unspecified atom stereocenters. The fraction of sp³-hybridized carbons (Fsp3) is 0.778. The zero-order valence-corrected chi connectivity index (χ0v) is 8.92. The Bertz CT molecular complexity index is 246. The molecule has 7 nitrogen and oxygen atoms in total. The highest BCUT2D eigenvalue weighted by Crippen LogP contribution is 2.13. The summed E-state index contributed by atoms with van der Waals surface area (Å²) >= 11 is 0. The number of carbonyl (C=O) groups excluding carboxylic acids is 1. The first-order chi connectivity index (χ1) is 7.25. The van der Waals surface area contributed by atoms with E-state index in [2.05, 4.69) is 4.74 Å².